The second-order valence-electron chi connectivity index (χ2n) is 9.63. The standard InChI is InChI=1S/C27H28N6O3/c34-24(6-3-14-33-22-5-2-1-4-21(22)30-27(33)36)31-16-20-11-15-32(23(20)17-31)26(35)19-9-7-18(8-10-19)25-28-12-13-29-25/h1-2,4-5,7-10,12-13,20,23H,3,6,11,14-17H2,(H,28,29)(H,30,36)/t20-,23+/m0/s1. The van der Waals surface area contributed by atoms with Gasteiger partial charge in [0, 0.05) is 62.0 Å². The fourth-order valence-corrected chi connectivity index (χ4v) is 5.65. The van der Waals surface area contributed by atoms with E-state index in [0.717, 1.165) is 35.4 Å². The van der Waals surface area contributed by atoms with Crippen molar-refractivity contribution in [2.75, 3.05) is 19.6 Å². The van der Waals surface area contributed by atoms with Crippen LogP contribution in [0, 0.1) is 5.92 Å². The Balaban J connectivity index is 1.06. The number of amides is 2. The van der Waals surface area contributed by atoms with Crippen molar-refractivity contribution < 1.29 is 9.59 Å². The van der Waals surface area contributed by atoms with Crippen LogP contribution < -0.4 is 5.69 Å². The Morgan fingerprint density at radius 3 is 2.69 bits per heavy atom. The molecule has 0 aliphatic carbocycles. The summed E-state index contributed by atoms with van der Waals surface area (Å²) in [6, 6.07) is 15.1. The van der Waals surface area contributed by atoms with Crippen molar-refractivity contribution in [1.29, 1.82) is 0 Å². The second-order valence-corrected chi connectivity index (χ2v) is 9.63. The molecule has 2 aromatic carbocycles. The van der Waals surface area contributed by atoms with Gasteiger partial charge in [-0.3, -0.25) is 14.2 Å². The number of aromatic amines is 2. The van der Waals surface area contributed by atoms with Crippen LogP contribution in [0.25, 0.3) is 22.4 Å². The fraction of sp³-hybridized carbons (Fsp3) is 0.333. The van der Waals surface area contributed by atoms with Crippen LogP contribution in [0.4, 0.5) is 0 Å². The predicted molar refractivity (Wildman–Crippen MR) is 135 cm³/mol. The average Bonchev–Trinajstić information content (AvgIpc) is 3.68. The number of likely N-dealkylation sites (tertiary alicyclic amines) is 2. The normalized spacial score (nSPS) is 19.2. The fourth-order valence-electron chi connectivity index (χ4n) is 5.65. The van der Waals surface area contributed by atoms with Gasteiger partial charge in [-0.15, -0.1) is 0 Å². The van der Waals surface area contributed by atoms with Gasteiger partial charge in [-0.25, -0.2) is 9.78 Å². The molecular weight excluding hydrogens is 456 g/mol. The van der Waals surface area contributed by atoms with Gasteiger partial charge in [-0.05, 0) is 37.1 Å². The average molecular weight is 485 g/mol. The Labute approximate surface area is 207 Å². The van der Waals surface area contributed by atoms with E-state index in [1.165, 1.54) is 0 Å². The lowest BCUT2D eigenvalue weighted by Gasteiger charge is -2.25. The van der Waals surface area contributed by atoms with Crippen molar-refractivity contribution in [3.05, 3.63) is 77.0 Å². The third-order valence-electron chi connectivity index (χ3n) is 7.52. The van der Waals surface area contributed by atoms with Gasteiger partial charge in [0.2, 0.25) is 5.91 Å². The number of hydrogen-bond acceptors (Lipinski definition) is 4. The van der Waals surface area contributed by atoms with E-state index in [9.17, 15) is 14.4 Å². The zero-order valence-corrected chi connectivity index (χ0v) is 19.9. The van der Waals surface area contributed by atoms with Crippen LogP contribution in [0.1, 0.15) is 29.6 Å². The highest BCUT2D eigenvalue weighted by molar-refractivity contribution is 5.95. The highest BCUT2D eigenvalue weighted by Gasteiger charge is 2.44. The van der Waals surface area contributed by atoms with Gasteiger partial charge in [-0.1, -0.05) is 24.3 Å². The first-order chi connectivity index (χ1) is 17.6. The minimum absolute atomic E-state index is 0.0153. The highest BCUT2D eigenvalue weighted by atomic mass is 16.2. The SMILES string of the molecule is O=C(CCCn1c(=O)[nH]c2ccccc21)N1C[C@@H]2CCN(C(=O)c3ccc(-c4ncc[nH]4)cc3)[C@@H]2C1. The van der Waals surface area contributed by atoms with E-state index in [4.69, 9.17) is 0 Å². The molecule has 0 radical (unpaired) electrons. The van der Waals surface area contributed by atoms with E-state index >= 15 is 0 Å². The largest absolute Gasteiger partial charge is 0.345 e. The first kappa shape index (κ1) is 22.3. The van der Waals surface area contributed by atoms with Crippen molar-refractivity contribution in [2.45, 2.75) is 31.8 Å². The molecule has 2 fully saturated rings. The number of para-hydroxylation sites is 2. The number of hydrogen-bond donors (Lipinski definition) is 2. The summed E-state index contributed by atoms with van der Waals surface area (Å²) in [4.78, 5) is 52.5. The smallest absolute Gasteiger partial charge is 0.326 e. The molecule has 4 heterocycles. The lowest BCUT2D eigenvalue weighted by Crippen LogP contribution is -2.40. The number of H-pyrrole nitrogens is 2. The Kier molecular flexibility index (Phi) is 5.67. The number of benzene rings is 2. The van der Waals surface area contributed by atoms with E-state index in [1.54, 1.807) is 17.0 Å². The van der Waals surface area contributed by atoms with Crippen molar-refractivity contribution >= 4 is 22.8 Å². The first-order valence-electron chi connectivity index (χ1n) is 12.4. The molecule has 0 spiro atoms. The van der Waals surface area contributed by atoms with Crippen LogP contribution >= 0.6 is 0 Å². The number of carbonyl (C=O) groups is 2. The summed E-state index contributed by atoms with van der Waals surface area (Å²) in [7, 11) is 0. The van der Waals surface area contributed by atoms with Gasteiger partial charge in [0.05, 0.1) is 17.1 Å². The lowest BCUT2D eigenvalue weighted by atomic mass is 10.0. The van der Waals surface area contributed by atoms with Gasteiger partial charge < -0.3 is 19.8 Å². The van der Waals surface area contributed by atoms with Gasteiger partial charge in [0.1, 0.15) is 5.82 Å². The van der Waals surface area contributed by atoms with Gasteiger partial charge in [0.25, 0.3) is 5.91 Å². The topological polar surface area (TPSA) is 107 Å². The molecule has 2 atom stereocenters. The molecule has 6 rings (SSSR count). The maximum atomic E-state index is 13.3. The van der Waals surface area contributed by atoms with Gasteiger partial charge in [-0.2, -0.15) is 0 Å². The number of carbonyl (C=O) groups excluding carboxylic acids is 2. The van der Waals surface area contributed by atoms with E-state index in [0.29, 0.717) is 44.0 Å². The lowest BCUT2D eigenvalue weighted by molar-refractivity contribution is -0.130. The predicted octanol–water partition coefficient (Wildman–Crippen LogP) is 2.87. The van der Waals surface area contributed by atoms with Crippen molar-refractivity contribution in [2.24, 2.45) is 5.92 Å². The number of aromatic nitrogens is 4. The van der Waals surface area contributed by atoms with E-state index in [1.807, 2.05) is 58.3 Å². The molecule has 9 heteroatoms. The molecule has 2 aliphatic heterocycles. The van der Waals surface area contributed by atoms with Crippen LogP contribution in [-0.2, 0) is 11.3 Å². The summed E-state index contributed by atoms with van der Waals surface area (Å²) in [5, 5.41) is 0. The number of imidazole rings is 2. The number of nitrogens with zero attached hydrogens (tertiary/aromatic N) is 4. The van der Waals surface area contributed by atoms with Crippen LogP contribution in [-0.4, -0.2) is 66.8 Å². The Morgan fingerprint density at radius 2 is 1.89 bits per heavy atom. The molecule has 2 aliphatic rings. The molecule has 9 nitrogen and oxygen atoms in total. The molecule has 184 valence electrons. The minimum atomic E-state index is -0.147. The summed E-state index contributed by atoms with van der Waals surface area (Å²) in [6.45, 7) is 2.48. The summed E-state index contributed by atoms with van der Waals surface area (Å²) in [6.07, 6.45) is 5.36. The molecule has 2 amide bonds. The molecule has 36 heavy (non-hydrogen) atoms. The molecule has 0 unspecified atom stereocenters. The van der Waals surface area contributed by atoms with Gasteiger partial charge in [0.15, 0.2) is 0 Å². The van der Waals surface area contributed by atoms with E-state index in [2.05, 4.69) is 15.0 Å². The van der Waals surface area contributed by atoms with Crippen molar-refractivity contribution in [3.8, 4) is 11.4 Å². The molecule has 4 aromatic rings. The Morgan fingerprint density at radius 1 is 1.06 bits per heavy atom. The maximum absolute atomic E-state index is 13.3. The summed E-state index contributed by atoms with van der Waals surface area (Å²) in [5.74, 6) is 1.19. The summed E-state index contributed by atoms with van der Waals surface area (Å²) >= 11 is 0. The monoisotopic (exact) mass is 484 g/mol. The number of aryl methyl sites for hydroxylation is 1. The molecule has 2 N–H and O–H groups in total. The van der Waals surface area contributed by atoms with Crippen LogP contribution in [0.15, 0.2) is 65.7 Å². The third-order valence-corrected chi connectivity index (χ3v) is 7.52. The third kappa shape index (κ3) is 4.00. The van der Waals surface area contributed by atoms with Crippen LogP contribution in [0.5, 0.6) is 0 Å². The molecule has 2 saturated heterocycles. The minimum Gasteiger partial charge on any atom is -0.345 e. The van der Waals surface area contributed by atoms with E-state index in [-0.39, 0.29) is 23.5 Å². The van der Waals surface area contributed by atoms with E-state index < -0.39 is 0 Å². The molecule has 0 saturated carbocycles. The second kappa shape index (κ2) is 9.14. The molecular formula is C27H28N6O3. The maximum Gasteiger partial charge on any atom is 0.326 e. The first-order valence-corrected chi connectivity index (χ1v) is 12.4. The van der Waals surface area contributed by atoms with Crippen molar-refractivity contribution in [1.82, 2.24) is 29.3 Å². The number of nitrogens with one attached hydrogen (secondary N) is 2. The Hall–Kier alpha value is -4.14. The summed E-state index contributed by atoms with van der Waals surface area (Å²) < 4.78 is 1.69. The zero-order valence-electron chi connectivity index (χ0n) is 19.9. The van der Waals surface area contributed by atoms with Crippen LogP contribution in [0.3, 0.4) is 0 Å². The zero-order chi connectivity index (χ0) is 24.6. The van der Waals surface area contributed by atoms with Crippen LogP contribution in [0.2, 0.25) is 0 Å². The molecule has 0 bridgehead atoms. The Bertz CT molecular complexity index is 1450. The highest BCUT2D eigenvalue weighted by Crippen LogP contribution is 2.33. The number of fused-ring (bicyclic) bond motifs is 2. The molecule has 2 aromatic heterocycles. The van der Waals surface area contributed by atoms with Gasteiger partial charge >= 0.3 is 5.69 Å². The summed E-state index contributed by atoms with van der Waals surface area (Å²) in [5.41, 5.74) is 3.10. The van der Waals surface area contributed by atoms with Crippen molar-refractivity contribution in [3.63, 3.8) is 0 Å². The number of rotatable bonds is 6. The quantitative estimate of drug-likeness (QED) is 0.439.